The van der Waals surface area contributed by atoms with Crippen LogP contribution >= 0.6 is 0 Å². The zero-order valence-electron chi connectivity index (χ0n) is 11.8. The Labute approximate surface area is 105 Å². The second kappa shape index (κ2) is 8.26. The van der Waals surface area contributed by atoms with Crippen molar-refractivity contribution in [1.82, 2.24) is 0 Å². The monoisotopic (exact) mass is 242 g/mol. The van der Waals surface area contributed by atoms with Crippen LogP contribution < -0.4 is 0 Å². The molecule has 0 aliphatic heterocycles. The highest BCUT2D eigenvalue weighted by Crippen LogP contribution is 2.16. The van der Waals surface area contributed by atoms with Crippen LogP contribution in [0.2, 0.25) is 0 Å². The van der Waals surface area contributed by atoms with Crippen molar-refractivity contribution in [2.24, 2.45) is 11.8 Å². The van der Waals surface area contributed by atoms with Gasteiger partial charge in [-0.3, -0.25) is 9.59 Å². The lowest BCUT2D eigenvalue weighted by Gasteiger charge is -2.15. The van der Waals surface area contributed by atoms with Gasteiger partial charge in [-0.25, -0.2) is 0 Å². The minimum atomic E-state index is -0.565. The average Bonchev–Trinajstić information content (AvgIpc) is 2.14. The van der Waals surface area contributed by atoms with E-state index < -0.39 is 5.92 Å². The molecule has 0 N–H and O–H groups in total. The number of unbranched alkanes of at least 4 members (excludes halogenated alkanes) is 1. The number of rotatable bonds is 8. The van der Waals surface area contributed by atoms with E-state index in [2.05, 4.69) is 13.8 Å². The maximum absolute atomic E-state index is 11.7. The molecule has 100 valence electrons. The van der Waals surface area contributed by atoms with Crippen LogP contribution in [0.15, 0.2) is 0 Å². The number of esters is 1. The molecule has 0 aromatic rings. The number of ketones is 1. The van der Waals surface area contributed by atoms with Crippen LogP contribution in [0, 0.1) is 11.8 Å². The molecule has 0 bridgehead atoms. The van der Waals surface area contributed by atoms with Gasteiger partial charge in [-0.1, -0.05) is 33.1 Å². The van der Waals surface area contributed by atoms with Gasteiger partial charge < -0.3 is 4.74 Å². The highest BCUT2D eigenvalue weighted by Gasteiger charge is 2.24. The molecule has 0 heterocycles. The summed E-state index contributed by atoms with van der Waals surface area (Å²) in [5.41, 5.74) is 0. The molecule has 1 atom stereocenters. The summed E-state index contributed by atoms with van der Waals surface area (Å²) in [7, 11) is 0. The van der Waals surface area contributed by atoms with Gasteiger partial charge in [0, 0.05) is 0 Å². The fourth-order valence-corrected chi connectivity index (χ4v) is 1.70. The number of ether oxygens (including phenoxy) is 1. The van der Waals surface area contributed by atoms with Gasteiger partial charge in [0.1, 0.15) is 11.7 Å². The van der Waals surface area contributed by atoms with E-state index in [1.54, 1.807) is 13.8 Å². The van der Waals surface area contributed by atoms with Crippen molar-refractivity contribution >= 4 is 11.8 Å². The maximum atomic E-state index is 11.7. The summed E-state index contributed by atoms with van der Waals surface area (Å²) >= 11 is 0. The third kappa shape index (κ3) is 7.94. The molecule has 0 saturated heterocycles. The molecule has 0 aliphatic rings. The van der Waals surface area contributed by atoms with Crippen LogP contribution in [0.4, 0.5) is 0 Å². The number of carbonyl (C=O) groups is 2. The summed E-state index contributed by atoms with van der Waals surface area (Å²) in [5, 5.41) is 0. The van der Waals surface area contributed by atoms with Crippen LogP contribution in [0.25, 0.3) is 0 Å². The van der Waals surface area contributed by atoms with Gasteiger partial charge in [-0.2, -0.15) is 0 Å². The van der Waals surface area contributed by atoms with E-state index in [4.69, 9.17) is 4.74 Å². The topological polar surface area (TPSA) is 43.4 Å². The maximum Gasteiger partial charge on any atom is 0.316 e. The van der Waals surface area contributed by atoms with E-state index in [0.29, 0.717) is 12.3 Å². The van der Waals surface area contributed by atoms with Crippen molar-refractivity contribution in [3.8, 4) is 0 Å². The molecular formula is C14H26O3. The first kappa shape index (κ1) is 16.1. The molecule has 0 fully saturated rings. The zero-order valence-corrected chi connectivity index (χ0v) is 11.8. The summed E-state index contributed by atoms with van der Waals surface area (Å²) in [4.78, 5) is 23.1. The van der Waals surface area contributed by atoms with Crippen LogP contribution in [0.3, 0.4) is 0 Å². The van der Waals surface area contributed by atoms with Gasteiger partial charge in [-0.15, -0.1) is 0 Å². The van der Waals surface area contributed by atoms with Crippen LogP contribution in [-0.4, -0.2) is 17.9 Å². The fraction of sp³-hybridized carbons (Fsp3) is 0.857. The van der Waals surface area contributed by atoms with Gasteiger partial charge in [-0.05, 0) is 33.1 Å². The van der Waals surface area contributed by atoms with Crippen LogP contribution in [-0.2, 0) is 14.3 Å². The van der Waals surface area contributed by atoms with E-state index in [1.807, 2.05) is 0 Å². The Balaban J connectivity index is 4.07. The highest BCUT2D eigenvalue weighted by atomic mass is 16.5. The molecule has 17 heavy (non-hydrogen) atoms. The summed E-state index contributed by atoms with van der Waals surface area (Å²) in [5.74, 6) is -0.338. The van der Waals surface area contributed by atoms with E-state index >= 15 is 0 Å². The SMILES string of the molecule is CC(=O)C(CCCCC(C)C)C(=O)OC(C)C. The Hall–Kier alpha value is -0.860. The highest BCUT2D eigenvalue weighted by molar-refractivity contribution is 5.97. The zero-order chi connectivity index (χ0) is 13.4. The third-order valence-electron chi connectivity index (χ3n) is 2.65. The van der Waals surface area contributed by atoms with Crippen molar-refractivity contribution in [2.75, 3.05) is 0 Å². The molecule has 3 heteroatoms. The predicted molar refractivity (Wildman–Crippen MR) is 68.7 cm³/mol. The Morgan fingerprint density at radius 1 is 1.00 bits per heavy atom. The largest absolute Gasteiger partial charge is 0.462 e. The van der Waals surface area contributed by atoms with Crippen molar-refractivity contribution < 1.29 is 14.3 Å². The fourth-order valence-electron chi connectivity index (χ4n) is 1.70. The number of carbonyl (C=O) groups excluding carboxylic acids is 2. The van der Waals surface area contributed by atoms with E-state index in [0.717, 1.165) is 19.3 Å². The first-order chi connectivity index (χ1) is 7.84. The second-order valence-electron chi connectivity index (χ2n) is 5.33. The molecular weight excluding hydrogens is 216 g/mol. The molecule has 0 radical (unpaired) electrons. The lowest BCUT2D eigenvalue weighted by molar-refractivity contribution is -0.155. The Kier molecular flexibility index (Phi) is 7.85. The van der Waals surface area contributed by atoms with Gasteiger partial charge in [0.25, 0.3) is 0 Å². The van der Waals surface area contributed by atoms with Crippen LogP contribution in [0.5, 0.6) is 0 Å². The predicted octanol–water partition coefficient (Wildman–Crippen LogP) is 3.36. The number of hydrogen-bond acceptors (Lipinski definition) is 3. The molecule has 0 spiro atoms. The standard InChI is InChI=1S/C14H26O3/c1-10(2)8-6-7-9-13(12(5)15)14(16)17-11(3)4/h10-11,13H,6-9H2,1-5H3. The quantitative estimate of drug-likeness (QED) is 0.372. The third-order valence-corrected chi connectivity index (χ3v) is 2.65. The normalized spacial score (nSPS) is 12.9. The first-order valence-corrected chi connectivity index (χ1v) is 6.55. The molecule has 0 rings (SSSR count). The lowest BCUT2D eigenvalue weighted by Crippen LogP contribution is -2.26. The van der Waals surface area contributed by atoms with Crippen molar-refractivity contribution in [1.29, 1.82) is 0 Å². The molecule has 0 aromatic carbocycles. The number of hydrogen-bond donors (Lipinski definition) is 0. The summed E-state index contributed by atoms with van der Waals surface area (Å²) < 4.78 is 5.09. The Morgan fingerprint density at radius 2 is 1.53 bits per heavy atom. The van der Waals surface area contributed by atoms with Gasteiger partial charge in [0.2, 0.25) is 0 Å². The van der Waals surface area contributed by atoms with Crippen molar-refractivity contribution in [2.45, 2.75) is 66.4 Å². The van der Waals surface area contributed by atoms with Gasteiger partial charge in [0.15, 0.2) is 0 Å². The molecule has 3 nitrogen and oxygen atoms in total. The Morgan fingerprint density at radius 3 is 1.94 bits per heavy atom. The van der Waals surface area contributed by atoms with E-state index in [-0.39, 0.29) is 17.9 Å². The summed E-state index contributed by atoms with van der Waals surface area (Å²) in [6.45, 7) is 9.42. The van der Waals surface area contributed by atoms with E-state index in [9.17, 15) is 9.59 Å². The summed E-state index contributed by atoms with van der Waals surface area (Å²) in [6, 6.07) is 0. The average molecular weight is 242 g/mol. The molecule has 0 amide bonds. The molecule has 0 aromatic heterocycles. The van der Waals surface area contributed by atoms with Crippen molar-refractivity contribution in [3.63, 3.8) is 0 Å². The molecule has 0 saturated carbocycles. The first-order valence-electron chi connectivity index (χ1n) is 6.55. The van der Waals surface area contributed by atoms with E-state index in [1.165, 1.54) is 6.92 Å². The molecule has 1 unspecified atom stereocenters. The van der Waals surface area contributed by atoms with Crippen molar-refractivity contribution in [3.05, 3.63) is 0 Å². The minimum absolute atomic E-state index is 0.0832. The molecule has 0 aliphatic carbocycles. The summed E-state index contributed by atoms with van der Waals surface area (Å²) in [6.07, 6.45) is 3.59. The van der Waals surface area contributed by atoms with Gasteiger partial charge in [0.05, 0.1) is 6.10 Å². The number of Topliss-reactive ketones (excluding diaryl/α,β-unsaturated/α-hetero) is 1. The minimum Gasteiger partial charge on any atom is -0.462 e. The van der Waals surface area contributed by atoms with Gasteiger partial charge >= 0.3 is 5.97 Å². The van der Waals surface area contributed by atoms with Crippen LogP contribution in [0.1, 0.15) is 60.3 Å². The second-order valence-corrected chi connectivity index (χ2v) is 5.33. The Bertz CT molecular complexity index is 244. The lowest BCUT2D eigenvalue weighted by atomic mass is 9.96. The smallest absolute Gasteiger partial charge is 0.316 e.